The van der Waals surface area contributed by atoms with Crippen LogP contribution in [0.4, 0.5) is 0 Å². The highest BCUT2D eigenvalue weighted by atomic mass is 16.5. The van der Waals surface area contributed by atoms with Gasteiger partial charge in [0.1, 0.15) is 6.07 Å². The summed E-state index contributed by atoms with van der Waals surface area (Å²) in [6.45, 7) is 6.45. The molecule has 1 unspecified atom stereocenters. The highest BCUT2D eigenvalue weighted by molar-refractivity contribution is 5.90. The van der Waals surface area contributed by atoms with Crippen molar-refractivity contribution in [2.45, 2.75) is 33.4 Å². The molecule has 2 aromatic carbocycles. The zero-order valence-corrected chi connectivity index (χ0v) is 18.7. The van der Waals surface area contributed by atoms with E-state index in [-0.39, 0.29) is 0 Å². The van der Waals surface area contributed by atoms with Crippen LogP contribution >= 0.6 is 0 Å². The molecule has 1 atom stereocenters. The average molecular weight is 431 g/mol. The number of nitrogens with zero attached hydrogens (tertiary/aromatic N) is 3. The van der Waals surface area contributed by atoms with E-state index in [0.29, 0.717) is 35.1 Å². The number of nitrogens with two attached hydrogens (primary N) is 1. The minimum atomic E-state index is -0.912. The topological polar surface area (TPSA) is 95.3 Å². The van der Waals surface area contributed by atoms with Gasteiger partial charge in [-0.1, -0.05) is 25.1 Å². The molecule has 0 bridgehead atoms. The van der Waals surface area contributed by atoms with Crippen LogP contribution in [0.15, 0.2) is 48.0 Å². The van der Waals surface area contributed by atoms with Crippen molar-refractivity contribution in [3.05, 3.63) is 70.4 Å². The maximum Gasteiger partial charge on any atom is 0.226 e. The molecule has 2 N–H and O–H groups in total. The number of fused-ring (bicyclic) bond motifs is 1. The van der Waals surface area contributed by atoms with Crippen molar-refractivity contribution in [3.8, 4) is 29.1 Å². The van der Waals surface area contributed by atoms with Crippen molar-refractivity contribution < 1.29 is 14.2 Å². The van der Waals surface area contributed by atoms with Gasteiger partial charge < -0.3 is 14.2 Å². The van der Waals surface area contributed by atoms with Gasteiger partial charge in [-0.15, -0.1) is 0 Å². The molecule has 0 aliphatic carbocycles. The van der Waals surface area contributed by atoms with Gasteiger partial charge in [-0.05, 0) is 55.7 Å². The third-order valence-corrected chi connectivity index (χ3v) is 5.52. The Labute approximate surface area is 187 Å². The van der Waals surface area contributed by atoms with Gasteiger partial charge in [0.15, 0.2) is 17.7 Å². The van der Waals surface area contributed by atoms with E-state index in [4.69, 9.17) is 25.0 Å². The molecule has 1 aromatic heterocycles. The van der Waals surface area contributed by atoms with Crippen LogP contribution < -0.4 is 19.9 Å². The Balaban J connectivity index is 1.91. The van der Waals surface area contributed by atoms with E-state index >= 15 is 0 Å². The van der Waals surface area contributed by atoms with Gasteiger partial charge in [0.05, 0.1) is 36.2 Å². The van der Waals surface area contributed by atoms with Crippen molar-refractivity contribution >= 4 is 5.57 Å². The second-order valence-electron chi connectivity index (χ2n) is 7.43. The number of hydrogen-bond donors (Lipinski definition) is 1. The van der Waals surface area contributed by atoms with Crippen LogP contribution in [-0.2, 0) is 6.42 Å². The standard InChI is InChI=1S/C25H26N4O3/c1-5-16-7-10-18(11-8-16)29-25-22(15(3)28-29)23(19(14-26)24(27)32-25)17-9-12-20(31-6-2)21(13-17)30-4/h7-13,24H,5-6,27H2,1-4H3. The first-order valence-corrected chi connectivity index (χ1v) is 10.6. The molecule has 1 aliphatic heterocycles. The number of ether oxygens (including phenoxy) is 3. The number of rotatable bonds is 6. The van der Waals surface area contributed by atoms with E-state index in [1.54, 1.807) is 11.8 Å². The third kappa shape index (κ3) is 3.59. The van der Waals surface area contributed by atoms with E-state index < -0.39 is 6.23 Å². The first-order valence-electron chi connectivity index (χ1n) is 10.6. The number of aromatic nitrogens is 2. The van der Waals surface area contributed by atoms with E-state index in [2.05, 4.69) is 25.1 Å². The Morgan fingerprint density at radius 1 is 1.16 bits per heavy atom. The molecule has 0 fully saturated rings. The largest absolute Gasteiger partial charge is 0.493 e. The summed E-state index contributed by atoms with van der Waals surface area (Å²) < 4.78 is 18.9. The van der Waals surface area contributed by atoms with Crippen LogP contribution in [0.5, 0.6) is 17.4 Å². The molecule has 0 saturated heterocycles. The SMILES string of the molecule is CCOc1ccc(C2=C(C#N)C(N)Oc3c2c(C)nn3-c2ccc(CC)cc2)cc1OC. The minimum Gasteiger partial charge on any atom is -0.493 e. The van der Waals surface area contributed by atoms with Gasteiger partial charge in [0, 0.05) is 5.57 Å². The Bertz CT molecular complexity index is 1220. The van der Waals surface area contributed by atoms with Gasteiger partial charge in [0.25, 0.3) is 0 Å². The molecule has 3 aromatic rings. The lowest BCUT2D eigenvalue weighted by molar-refractivity contribution is 0.228. The van der Waals surface area contributed by atoms with Gasteiger partial charge >= 0.3 is 0 Å². The average Bonchev–Trinajstić information content (AvgIpc) is 3.14. The van der Waals surface area contributed by atoms with Gasteiger partial charge in [-0.3, -0.25) is 5.73 Å². The van der Waals surface area contributed by atoms with Gasteiger partial charge in [0.2, 0.25) is 5.88 Å². The Hall–Kier alpha value is -3.76. The lowest BCUT2D eigenvalue weighted by Gasteiger charge is -2.25. The number of aryl methyl sites for hydroxylation is 2. The summed E-state index contributed by atoms with van der Waals surface area (Å²) in [6, 6.07) is 16.0. The highest BCUT2D eigenvalue weighted by Gasteiger charge is 2.33. The molecule has 7 nitrogen and oxygen atoms in total. The van der Waals surface area contributed by atoms with Gasteiger partial charge in [-0.25, -0.2) is 4.68 Å². The maximum atomic E-state index is 9.91. The van der Waals surface area contributed by atoms with Crippen molar-refractivity contribution in [3.63, 3.8) is 0 Å². The Morgan fingerprint density at radius 3 is 2.53 bits per heavy atom. The normalized spacial score (nSPS) is 15.1. The predicted octanol–water partition coefficient (Wildman–Crippen LogP) is 4.15. The third-order valence-electron chi connectivity index (χ3n) is 5.52. The summed E-state index contributed by atoms with van der Waals surface area (Å²) in [7, 11) is 1.59. The molecule has 1 aliphatic rings. The number of benzene rings is 2. The smallest absolute Gasteiger partial charge is 0.226 e. The summed E-state index contributed by atoms with van der Waals surface area (Å²) in [6.07, 6.45) is 0.0421. The van der Waals surface area contributed by atoms with Crippen LogP contribution in [0.3, 0.4) is 0 Å². The first-order chi connectivity index (χ1) is 15.5. The Kier molecular flexibility index (Phi) is 5.89. The molecule has 164 valence electrons. The molecule has 32 heavy (non-hydrogen) atoms. The molecule has 0 spiro atoms. The molecule has 0 saturated carbocycles. The lowest BCUT2D eigenvalue weighted by atomic mass is 9.91. The summed E-state index contributed by atoms with van der Waals surface area (Å²) in [5, 5.41) is 14.6. The lowest BCUT2D eigenvalue weighted by Crippen LogP contribution is -2.33. The second-order valence-corrected chi connectivity index (χ2v) is 7.43. The zero-order chi connectivity index (χ0) is 22.8. The van der Waals surface area contributed by atoms with E-state index in [1.165, 1.54) is 5.56 Å². The molecular formula is C25H26N4O3. The molecule has 7 heteroatoms. The monoisotopic (exact) mass is 430 g/mol. The molecule has 2 heterocycles. The highest BCUT2D eigenvalue weighted by Crippen LogP contribution is 2.43. The predicted molar refractivity (Wildman–Crippen MR) is 122 cm³/mol. The summed E-state index contributed by atoms with van der Waals surface area (Å²) in [5.41, 5.74) is 11.7. The molecular weight excluding hydrogens is 404 g/mol. The second kappa shape index (κ2) is 8.77. The van der Waals surface area contributed by atoms with Crippen molar-refractivity contribution in [1.29, 1.82) is 5.26 Å². The van der Waals surface area contributed by atoms with Crippen molar-refractivity contribution in [1.82, 2.24) is 9.78 Å². The molecule has 0 amide bonds. The maximum absolute atomic E-state index is 9.91. The van der Waals surface area contributed by atoms with E-state index in [0.717, 1.165) is 28.9 Å². The van der Waals surface area contributed by atoms with Crippen LogP contribution in [-0.4, -0.2) is 29.7 Å². The van der Waals surface area contributed by atoms with E-state index in [1.807, 2.05) is 44.2 Å². The van der Waals surface area contributed by atoms with Gasteiger partial charge in [-0.2, -0.15) is 10.4 Å². The summed E-state index contributed by atoms with van der Waals surface area (Å²) >= 11 is 0. The fourth-order valence-electron chi connectivity index (χ4n) is 3.92. The van der Waals surface area contributed by atoms with Crippen molar-refractivity contribution in [2.75, 3.05) is 13.7 Å². The number of nitriles is 1. The fourth-order valence-corrected chi connectivity index (χ4v) is 3.92. The van der Waals surface area contributed by atoms with Crippen molar-refractivity contribution in [2.24, 2.45) is 5.73 Å². The summed E-state index contributed by atoms with van der Waals surface area (Å²) in [5.74, 6) is 1.73. The number of hydrogen-bond acceptors (Lipinski definition) is 6. The number of methoxy groups -OCH3 is 1. The van der Waals surface area contributed by atoms with Crippen LogP contribution in [0.25, 0.3) is 11.3 Å². The summed E-state index contributed by atoms with van der Waals surface area (Å²) in [4.78, 5) is 0. The Morgan fingerprint density at radius 2 is 1.91 bits per heavy atom. The van der Waals surface area contributed by atoms with E-state index in [9.17, 15) is 5.26 Å². The quantitative estimate of drug-likeness (QED) is 0.631. The van der Waals surface area contributed by atoms with Crippen LogP contribution in [0, 0.1) is 18.3 Å². The molecule has 0 radical (unpaired) electrons. The zero-order valence-electron chi connectivity index (χ0n) is 18.7. The first kappa shape index (κ1) is 21.5. The fraction of sp³-hybridized carbons (Fsp3) is 0.280. The van der Waals surface area contributed by atoms with Crippen LogP contribution in [0.1, 0.15) is 36.2 Å². The van der Waals surface area contributed by atoms with Crippen LogP contribution in [0.2, 0.25) is 0 Å². The minimum absolute atomic E-state index is 0.340. The molecule has 4 rings (SSSR count).